The predicted molar refractivity (Wildman–Crippen MR) is 105 cm³/mol. The van der Waals surface area contributed by atoms with Crippen LogP contribution < -0.4 is 10.4 Å². The molecular formula is C19H20FN3O5S. The highest BCUT2D eigenvalue weighted by molar-refractivity contribution is 7.89. The lowest BCUT2D eigenvalue weighted by atomic mass is 10.1. The van der Waals surface area contributed by atoms with Crippen LogP contribution >= 0.6 is 0 Å². The number of ketones is 1. The molecule has 154 valence electrons. The number of benzene rings is 2. The van der Waals surface area contributed by atoms with Crippen LogP contribution in [-0.4, -0.2) is 48.3 Å². The quantitative estimate of drug-likeness (QED) is 0.563. The third kappa shape index (κ3) is 3.56. The van der Waals surface area contributed by atoms with E-state index in [0.29, 0.717) is 11.0 Å². The van der Waals surface area contributed by atoms with E-state index >= 15 is 0 Å². The van der Waals surface area contributed by atoms with Crippen LogP contribution in [0.4, 0.5) is 4.39 Å². The van der Waals surface area contributed by atoms with Crippen molar-refractivity contribution in [3.05, 3.63) is 58.3 Å². The molecule has 0 amide bonds. The Hall–Kier alpha value is -2.98. The number of sulfonamides is 1. The van der Waals surface area contributed by atoms with Crippen molar-refractivity contribution in [2.45, 2.75) is 4.90 Å². The van der Waals surface area contributed by atoms with Crippen LogP contribution in [0.5, 0.6) is 5.75 Å². The number of carbonyl (C=O) groups excluding carboxylic acids is 1. The number of fused-ring (bicyclic) bond motifs is 1. The molecule has 0 aliphatic heterocycles. The first-order chi connectivity index (χ1) is 13.6. The van der Waals surface area contributed by atoms with E-state index in [1.54, 1.807) is 14.1 Å². The van der Waals surface area contributed by atoms with Crippen molar-refractivity contribution >= 4 is 26.8 Å². The molecule has 0 unspecified atom stereocenters. The minimum atomic E-state index is -4.01. The number of carbonyl (C=O) groups is 1. The van der Waals surface area contributed by atoms with Gasteiger partial charge in [-0.3, -0.25) is 13.9 Å². The Morgan fingerprint density at radius 3 is 2.38 bits per heavy atom. The number of imidazole rings is 1. The van der Waals surface area contributed by atoms with Gasteiger partial charge in [0.15, 0.2) is 17.3 Å². The second-order valence-electron chi connectivity index (χ2n) is 6.58. The van der Waals surface area contributed by atoms with Crippen molar-refractivity contribution in [3.63, 3.8) is 0 Å². The molecule has 0 radical (unpaired) electrons. The second kappa shape index (κ2) is 7.45. The average molecular weight is 421 g/mol. The molecule has 8 nitrogen and oxygen atoms in total. The lowest BCUT2D eigenvalue weighted by Crippen LogP contribution is -2.32. The monoisotopic (exact) mass is 421 g/mol. The number of Topliss-reactive ketones (excluding diaryl/α,β-unsaturated/α-hetero) is 1. The van der Waals surface area contributed by atoms with Gasteiger partial charge in [0.25, 0.3) is 0 Å². The number of likely N-dealkylation sites (N-methyl/N-ethyl adjacent to an activating group) is 1. The predicted octanol–water partition coefficient (Wildman–Crippen LogP) is 1.53. The van der Waals surface area contributed by atoms with Crippen molar-refractivity contribution in [1.82, 2.24) is 13.4 Å². The van der Waals surface area contributed by atoms with E-state index in [1.165, 1.54) is 53.6 Å². The smallest absolute Gasteiger partial charge is 0.328 e. The summed E-state index contributed by atoms with van der Waals surface area (Å²) in [5, 5.41) is 0. The Morgan fingerprint density at radius 2 is 1.76 bits per heavy atom. The summed E-state index contributed by atoms with van der Waals surface area (Å²) in [7, 11) is 1.71. The van der Waals surface area contributed by atoms with Crippen molar-refractivity contribution in [3.8, 4) is 5.75 Å². The molecule has 2 aromatic carbocycles. The molecule has 1 aromatic heterocycles. The number of nitrogens with zero attached hydrogens (tertiary/aromatic N) is 3. The summed E-state index contributed by atoms with van der Waals surface area (Å²) in [4.78, 5) is 24.4. The number of ether oxygens (including phenoxy) is 1. The van der Waals surface area contributed by atoms with Gasteiger partial charge in [0.05, 0.1) is 29.6 Å². The normalized spacial score (nSPS) is 11.9. The van der Waals surface area contributed by atoms with Gasteiger partial charge in [0.1, 0.15) is 0 Å². The van der Waals surface area contributed by atoms with Crippen LogP contribution in [0.2, 0.25) is 0 Å². The van der Waals surface area contributed by atoms with Gasteiger partial charge in [-0.15, -0.1) is 0 Å². The zero-order chi connectivity index (χ0) is 21.5. The third-order valence-electron chi connectivity index (χ3n) is 4.79. The van der Waals surface area contributed by atoms with E-state index in [1.807, 2.05) is 0 Å². The first kappa shape index (κ1) is 20.7. The van der Waals surface area contributed by atoms with Crippen molar-refractivity contribution in [2.75, 3.05) is 20.7 Å². The molecule has 10 heteroatoms. The Bertz CT molecular complexity index is 1280. The summed E-state index contributed by atoms with van der Waals surface area (Å²) in [6.07, 6.45) is 0. The fourth-order valence-electron chi connectivity index (χ4n) is 3.05. The summed E-state index contributed by atoms with van der Waals surface area (Å²) in [6.45, 7) is -0.472. The van der Waals surface area contributed by atoms with Gasteiger partial charge in [0.2, 0.25) is 10.0 Å². The molecule has 3 aromatic rings. The molecule has 0 bridgehead atoms. The van der Waals surface area contributed by atoms with Gasteiger partial charge in [-0.25, -0.2) is 17.6 Å². The van der Waals surface area contributed by atoms with Crippen LogP contribution in [-0.2, 0) is 24.1 Å². The van der Waals surface area contributed by atoms with Crippen molar-refractivity contribution < 1.29 is 22.3 Å². The van der Waals surface area contributed by atoms with Crippen LogP contribution in [0, 0.1) is 5.82 Å². The van der Waals surface area contributed by atoms with Gasteiger partial charge >= 0.3 is 5.69 Å². The minimum Gasteiger partial charge on any atom is -0.494 e. The van der Waals surface area contributed by atoms with Crippen LogP contribution in [0.1, 0.15) is 10.4 Å². The van der Waals surface area contributed by atoms with E-state index in [2.05, 4.69) is 0 Å². The van der Waals surface area contributed by atoms with E-state index in [-0.39, 0.29) is 21.9 Å². The van der Waals surface area contributed by atoms with E-state index < -0.39 is 28.2 Å². The number of aryl methyl sites for hydroxylation is 2. The molecule has 29 heavy (non-hydrogen) atoms. The highest BCUT2D eigenvalue weighted by Crippen LogP contribution is 2.22. The van der Waals surface area contributed by atoms with Gasteiger partial charge < -0.3 is 4.74 Å². The van der Waals surface area contributed by atoms with E-state index in [9.17, 15) is 22.4 Å². The molecule has 0 atom stereocenters. The number of rotatable bonds is 6. The molecule has 3 rings (SSSR count). The van der Waals surface area contributed by atoms with Crippen LogP contribution in [0.3, 0.4) is 0 Å². The number of halogens is 1. The number of hydrogen-bond donors (Lipinski definition) is 0. The first-order valence-electron chi connectivity index (χ1n) is 8.56. The first-order valence-corrected chi connectivity index (χ1v) is 10.0. The zero-order valence-corrected chi connectivity index (χ0v) is 17.2. The molecule has 0 saturated heterocycles. The molecule has 0 aliphatic rings. The van der Waals surface area contributed by atoms with E-state index in [4.69, 9.17) is 4.74 Å². The number of hydrogen-bond acceptors (Lipinski definition) is 5. The Morgan fingerprint density at radius 1 is 1.10 bits per heavy atom. The number of methoxy groups -OCH3 is 1. The van der Waals surface area contributed by atoms with Gasteiger partial charge in [-0.05, 0) is 36.4 Å². The number of aromatic nitrogens is 2. The maximum Gasteiger partial charge on any atom is 0.328 e. The summed E-state index contributed by atoms with van der Waals surface area (Å²) >= 11 is 0. The highest BCUT2D eigenvalue weighted by Gasteiger charge is 2.25. The fraction of sp³-hybridized carbons (Fsp3) is 0.263. The maximum absolute atomic E-state index is 13.8. The standard InChI is InChI=1S/C19H20FN3O5S/c1-21(11-17(24)12-5-8-18(28-4)14(20)9-12)29(26,27)13-6-7-15-16(10-13)23(3)19(25)22(15)2/h5-10H,11H2,1-4H3. The molecule has 0 fully saturated rings. The third-order valence-corrected chi connectivity index (χ3v) is 6.59. The summed E-state index contributed by atoms with van der Waals surface area (Å²) < 4.78 is 48.1. The van der Waals surface area contributed by atoms with Crippen molar-refractivity contribution in [2.24, 2.45) is 14.1 Å². The average Bonchev–Trinajstić information content (AvgIpc) is 2.91. The van der Waals surface area contributed by atoms with Crippen molar-refractivity contribution in [1.29, 1.82) is 0 Å². The molecule has 0 spiro atoms. The lowest BCUT2D eigenvalue weighted by molar-refractivity contribution is 0.0972. The lowest BCUT2D eigenvalue weighted by Gasteiger charge is -2.17. The summed E-state index contributed by atoms with van der Waals surface area (Å²) in [5.41, 5.74) is 0.797. The van der Waals surface area contributed by atoms with Gasteiger partial charge in [0, 0.05) is 26.7 Å². The molecular weight excluding hydrogens is 401 g/mol. The molecule has 0 aliphatic carbocycles. The Labute approximate surface area is 166 Å². The highest BCUT2D eigenvalue weighted by atomic mass is 32.2. The van der Waals surface area contributed by atoms with Gasteiger partial charge in [-0.2, -0.15) is 4.31 Å². The Balaban J connectivity index is 1.90. The molecule has 0 saturated carbocycles. The van der Waals surface area contributed by atoms with E-state index in [0.717, 1.165) is 10.4 Å². The molecule has 1 heterocycles. The zero-order valence-electron chi connectivity index (χ0n) is 16.3. The topological polar surface area (TPSA) is 90.6 Å². The molecule has 0 N–H and O–H groups in total. The van der Waals surface area contributed by atoms with Crippen LogP contribution in [0.15, 0.2) is 46.1 Å². The maximum atomic E-state index is 13.8. The second-order valence-corrected chi connectivity index (χ2v) is 8.63. The Kier molecular flexibility index (Phi) is 5.33. The summed E-state index contributed by atoms with van der Waals surface area (Å²) in [5.74, 6) is -1.28. The largest absolute Gasteiger partial charge is 0.494 e. The summed E-state index contributed by atoms with van der Waals surface area (Å²) in [6, 6.07) is 7.99. The SMILES string of the molecule is COc1ccc(C(=O)CN(C)S(=O)(=O)c2ccc3c(c2)n(C)c(=O)n3C)cc1F. The van der Waals surface area contributed by atoms with Crippen LogP contribution in [0.25, 0.3) is 11.0 Å². The minimum absolute atomic E-state index is 0.00991. The van der Waals surface area contributed by atoms with Gasteiger partial charge in [-0.1, -0.05) is 0 Å². The fourth-order valence-corrected chi connectivity index (χ4v) is 4.19.